The summed E-state index contributed by atoms with van der Waals surface area (Å²) in [5, 5.41) is 30.9. The molecule has 1 aromatic rings. The van der Waals surface area contributed by atoms with E-state index >= 15 is 0 Å². The number of amides is 1. The number of aromatic nitrogens is 2. The Bertz CT molecular complexity index is 717. The van der Waals surface area contributed by atoms with Gasteiger partial charge in [-0.05, 0) is 12.5 Å². The molecule has 0 aromatic carbocycles. The lowest BCUT2D eigenvalue weighted by atomic mass is 9.78. The van der Waals surface area contributed by atoms with E-state index in [0.717, 1.165) is 4.34 Å². The standard InChI is InChI=1S/C14H18N4O4S2/c1-5-7(4-23-14-17-16-13(15-3)24-14)10(12(21)22)18-9(5)8(6(2)19)11(18)20/h5-6,8-9,19H,4H2,1-3H3,(H,15,16)(H,21,22)/t5-,6+,8+,9+/m0/s1. The minimum absolute atomic E-state index is 0.0558. The molecule has 1 fully saturated rings. The van der Waals surface area contributed by atoms with Crippen LogP contribution in [0.4, 0.5) is 5.13 Å². The molecule has 2 aliphatic heterocycles. The number of β-lactam (4-membered cyclic amide) rings is 1. The lowest BCUT2D eigenvalue weighted by Crippen LogP contribution is -2.63. The third-order valence-electron chi connectivity index (χ3n) is 4.49. The van der Waals surface area contributed by atoms with E-state index in [1.807, 2.05) is 6.92 Å². The van der Waals surface area contributed by atoms with Crippen molar-refractivity contribution in [3.05, 3.63) is 11.3 Å². The zero-order valence-corrected chi connectivity index (χ0v) is 15.0. The third kappa shape index (κ3) is 2.58. The van der Waals surface area contributed by atoms with E-state index in [-0.39, 0.29) is 23.6 Å². The molecule has 1 aromatic heterocycles. The molecule has 0 saturated carbocycles. The first-order valence-electron chi connectivity index (χ1n) is 7.48. The molecule has 0 unspecified atom stereocenters. The second-order valence-electron chi connectivity index (χ2n) is 5.84. The van der Waals surface area contributed by atoms with Gasteiger partial charge in [0.2, 0.25) is 11.0 Å². The van der Waals surface area contributed by atoms with Gasteiger partial charge >= 0.3 is 5.97 Å². The van der Waals surface area contributed by atoms with Gasteiger partial charge in [0.05, 0.1) is 18.1 Å². The highest BCUT2D eigenvalue weighted by Crippen LogP contribution is 2.48. The lowest BCUT2D eigenvalue weighted by Gasteiger charge is -2.46. The van der Waals surface area contributed by atoms with Crippen LogP contribution in [0.1, 0.15) is 13.8 Å². The Morgan fingerprint density at radius 3 is 2.75 bits per heavy atom. The Morgan fingerprint density at radius 1 is 1.50 bits per heavy atom. The molecule has 0 radical (unpaired) electrons. The van der Waals surface area contributed by atoms with Crippen LogP contribution in [-0.4, -0.2) is 62.1 Å². The maximum atomic E-state index is 12.2. The molecule has 3 heterocycles. The predicted octanol–water partition coefficient (Wildman–Crippen LogP) is 0.868. The molecule has 3 rings (SSSR count). The molecular weight excluding hydrogens is 352 g/mol. The predicted molar refractivity (Wildman–Crippen MR) is 89.8 cm³/mol. The molecule has 1 amide bonds. The molecule has 0 spiro atoms. The van der Waals surface area contributed by atoms with Crippen LogP contribution in [0.15, 0.2) is 15.6 Å². The highest BCUT2D eigenvalue weighted by Gasteiger charge is 2.59. The lowest BCUT2D eigenvalue weighted by molar-refractivity contribution is -0.163. The first-order valence-corrected chi connectivity index (χ1v) is 9.28. The van der Waals surface area contributed by atoms with E-state index in [1.165, 1.54) is 28.0 Å². The van der Waals surface area contributed by atoms with Gasteiger partial charge in [-0.25, -0.2) is 4.79 Å². The molecule has 3 N–H and O–H groups in total. The van der Waals surface area contributed by atoms with Crippen LogP contribution in [0, 0.1) is 11.8 Å². The van der Waals surface area contributed by atoms with Crippen LogP contribution in [0.5, 0.6) is 0 Å². The van der Waals surface area contributed by atoms with Gasteiger partial charge in [-0.2, -0.15) is 0 Å². The number of fused-ring (bicyclic) bond motifs is 1. The maximum absolute atomic E-state index is 12.2. The van der Waals surface area contributed by atoms with Crippen molar-refractivity contribution in [2.24, 2.45) is 11.8 Å². The summed E-state index contributed by atoms with van der Waals surface area (Å²) < 4.78 is 0.733. The van der Waals surface area contributed by atoms with Crippen LogP contribution >= 0.6 is 23.1 Å². The van der Waals surface area contributed by atoms with Crippen molar-refractivity contribution >= 4 is 40.1 Å². The highest BCUT2D eigenvalue weighted by atomic mass is 32.2. The summed E-state index contributed by atoms with van der Waals surface area (Å²) in [6, 6.07) is -0.276. The van der Waals surface area contributed by atoms with Gasteiger partial charge in [0, 0.05) is 18.7 Å². The second kappa shape index (κ2) is 6.34. The van der Waals surface area contributed by atoms with Gasteiger partial charge in [0.15, 0.2) is 4.34 Å². The largest absolute Gasteiger partial charge is 0.477 e. The van der Waals surface area contributed by atoms with Crippen LogP contribution in [0.25, 0.3) is 0 Å². The molecule has 1 saturated heterocycles. The fourth-order valence-electron chi connectivity index (χ4n) is 3.34. The third-order valence-corrected chi connectivity index (χ3v) is 6.61. The minimum Gasteiger partial charge on any atom is -0.477 e. The second-order valence-corrected chi connectivity index (χ2v) is 8.04. The smallest absolute Gasteiger partial charge is 0.352 e. The first-order chi connectivity index (χ1) is 11.4. The van der Waals surface area contributed by atoms with Crippen molar-refractivity contribution in [1.29, 1.82) is 0 Å². The molecule has 10 heteroatoms. The molecular formula is C14H18N4O4S2. The number of hydrogen-bond acceptors (Lipinski definition) is 8. The summed E-state index contributed by atoms with van der Waals surface area (Å²) in [6.45, 7) is 3.48. The van der Waals surface area contributed by atoms with Gasteiger partial charge in [-0.3, -0.25) is 4.79 Å². The van der Waals surface area contributed by atoms with Crippen LogP contribution in [0.2, 0.25) is 0 Å². The van der Waals surface area contributed by atoms with Crippen molar-refractivity contribution < 1.29 is 19.8 Å². The first kappa shape index (κ1) is 17.2. The van der Waals surface area contributed by atoms with Gasteiger partial charge in [0.1, 0.15) is 5.70 Å². The average molecular weight is 370 g/mol. The Hall–Kier alpha value is -1.65. The number of hydrogen-bond donors (Lipinski definition) is 3. The van der Waals surface area contributed by atoms with Crippen molar-refractivity contribution in [3.8, 4) is 0 Å². The van der Waals surface area contributed by atoms with Gasteiger partial charge in [0.25, 0.3) is 0 Å². The van der Waals surface area contributed by atoms with Crippen molar-refractivity contribution in [2.75, 3.05) is 18.1 Å². The Labute approximate surface area is 147 Å². The number of aliphatic hydroxyl groups excluding tert-OH is 1. The number of aliphatic hydroxyl groups is 1. The number of aliphatic carboxylic acids is 1. The number of carboxylic acids is 1. The number of nitrogens with one attached hydrogen (secondary N) is 1. The normalized spacial score (nSPS) is 27.1. The molecule has 130 valence electrons. The molecule has 2 aliphatic rings. The van der Waals surface area contributed by atoms with E-state index in [1.54, 1.807) is 14.0 Å². The molecule has 0 bridgehead atoms. The van der Waals surface area contributed by atoms with E-state index in [4.69, 9.17) is 0 Å². The number of nitrogens with zero attached hydrogens (tertiary/aromatic N) is 3. The molecule has 8 nitrogen and oxygen atoms in total. The molecule has 24 heavy (non-hydrogen) atoms. The summed E-state index contributed by atoms with van der Waals surface area (Å²) in [4.78, 5) is 25.2. The van der Waals surface area contributed by atoms with Gasteiger partial charge < -0.3 is 20.4 Å². The fourth-order valence-corrected chi connectivity index (χ4v) is 5.20. The van der Waals surface area contributed by atoms with E-state index in [2.05, 4.69) is 15.5 Å². The van der Waals surface area contributed by atoms with E-state index < -0.39 is 18.0 Å². The number of carboxylic acid groups (broad SMARTS) is 1. The topological polar surface area (TPSA) is 116 Å². The van der Waals surface area contributed by atoms with Crippen LogP contribution in [-0.2, 0) is 9.59 Å². The fraction of sp³-hybridized carbons (Fsp3) is 0.571. The summed E-state index contributed by atoms with van der Waals surface area (Å²) >= 11 is 2.79. The quantitative estimate of drug-likeness (QED) is 0.499. The van der Waals surface area contributed by atoms with Crippen LogP contribution < -0.4 is 5.32 Å². The Kier molecular flexibility index (Phi) is 4.54. The minimum atomic E-state index is -1.11. The zero-order chi connectivity index (χ0) is 17.6. The number of carbonyl (C=O) groups excluding carboxylic acids is 1. The monoisotopic (exact) mass is 370 g/mol. The summed E-state index contributed by atoms with van der Waals surface area (Å²) in [5.74, 6) is -1.64. The van der Waals surface area contributed by atoms with Gasteiger partial charge in [-0.1, -0.05) is 30.0 Å². The van der Waals surface area contributed by atoms with Crippen molar-refractivity contribution in [3.63, 3.8) is 0 Å². The summed E-state index contributed by atoms with van der Waals surface area (Å²) in [7, 11) is 1.76. The Morgan fingerprint density at radius 2 is 2.21 bits per heavy atom. The number of anilines is 1. The van der Waals surface area contributed by atoms with E-state index in [9.17, 15) is 19.8 Å². The number of carbonyl (C=O) groups is 2. The number of rotatable bonds is 6. The van der Waals surface area contributed by atoms with Gasteiger partial charge in [-0.15, -0.1) is 10.2 Å². The zero-order valence-electron chi connectivity index (χ0n) is 13.4. The average Bonchev–Trinajstić information content (AvgIpc) is 3.06. The maximum Gasteiger partial charge on any atom is 0.352 e. The summed E-state index contributed by atoms with van der Waals surface area (Å²) in [5.41, 5.74) is 0.760. The molecule has 4 atom stereocenters. The Balaban J connectivity index is 1.82. The number of thioether (sulfide) groups is 1. The SMILES string of the molecule is CNc1nnc(SCC2=C(C(=O)O)N3C(=O)[C@H]([C@@H](C)O)[C@H]3[C@H]2C)s1. The highest BCUT2D eigenvalue weighted by molar-refractivity contribution is 8.01. The summed E-state index contributed by atoms with van der Waals surface area (Å²) in [6.07, 6.45) is -0.787. The van der Waals surface area contributed by atoms with Crippen LogP contribution in [0.3, 0.4) is 0 Å². The molecule has 0 aliphatic carbocycles. The van der Waals surface area contributed by atoms with Crippen molar-refractivity contribution in [2.45, 2.75) is 30.3 Å². The van der Waals surface area contributed by atoms with Crippen molar-refractivity contribution in [1.82, 2.24) is 15.1 Å². The van der Waals surface area contributed by atoms with E-state index in [0.29, 0.717) is 16.5 Å².